The first kappa shape index (κ1) is 11.1. The van der Waals surface area contributed by atoms with Crippen molar-refractivity contribution in [2.24, 2.45) is 0 Å². The van der Waals surface area contributed by atoms with Gasteiger partial charge in [0, 0.05) is 11.1 Å². The molecule has 2 nitrogen and oxygen atoms in total. The lowest BCUT2D eigenvalue weighted by molar-refractivity contribution is 0.355. The predicted octanol–water partition coefficient (Wildman–Crippen LogP) is 4.50. The Hall–Kier alpha value is -1.02. The van der Waals surface area contributed by atoms with Gasteiger partial charge in [-0.05, 0) is 38.0 Å². The molecule has 0 N–H and O–H groups in total. The third-order valence-electron chi connectivity index (χ3n) is 3.77. The molecule has 0 amide bonds. The smallest absolute Gasteiger partial charge is 0.106 e. The molecule has 90 valence electrons. The van der Waals surface area contributed by atoms with E-state index in [0.717, 1.165) is 16.4 Å². The zero-order valence-corrected chi connectivity index (χ0v) is 10.9. The van der Waals surface area contributed by atoms with E-state index < -0.39 is 0 Å². The van der Waals surface area contributed by atoms with Crippen LogP contribution in [0.25, 0.3) is 11.0 Å². The lowest BCUT2D eigenvalue weighted by Gasteiger charge is -2.25. The van der Waals surface area contributed by atoms with Crippen LogP contribution in [-0.4, -0.2) is 9.55 Å². The molecule has 1 aromatic heterocycles. The standard InChI is InChI=1S/C14H17ClN2/c1-10-16-13-8-7-11(15)9-14(13)17(10)12-5-3-2-4-6-12/h7-9,12H,2-6H2,1H3. The van der Waals surface area contributed by atoms with Crippen LogP contribution >= 0.6 is 11.6 Å². The molecule has 0 saturated heterocycles. The Morgan fingerprint density at radius 3 is 2.76 bits per heavy atom. The Balaban J connectivity index is 2.13. The molecule has 1 aliphatic carbocycles. The molecule has 1 saturated carbocycles. The summed E-state index contributed by atoms with van der Waals surface area (Å²) >= 11 is 6.10. The van der Waals surface area contributed by atoms with Crippen LogP contribution in [0.15, 0.2) is 18.2 Å². The summed E-state index contributed by atoms with van der Waals surface area (Å²) in [5, 5.41) is 0.800. The van der Waals surface area contributed by atoms with Crippen molar-refractivity contribution in [1.82, 2.24) is 9.55 Å². The van der Waals surface area contributed by atoms with E-state index in [0.29, 0.717) is 6.04 Å². The third kappa shape index (κ3) is 1.95. The fourth-order valence-electron chi connectivity index (χ4n) is 2.99. The van der Waals surface area contributed by atoms with Crippen LogP contribution in [0.1, 0.15) is 44.0 Å². The number of hydrogen-bond acceptors (Lipinski definition) is 1. The molecule has 1 fully saturated rings. The summed E-state index contributed by atoms with van der Waals surface area (Å²) in [5.74, 6) is 1.12. The lowest BCUT2D eigenvalue weighted by atomic mass is 9.95. The van der Waals surface area contributed by atoms with Gasteiger partial charge in [-0.2, -0.15) is 0 Å². The number of nitrogens with zero attached hydrogens (tertiary/aromatic N) is 2. The summed E-state index contributed by atoms with van der Waals surface area (Å²) < 4.78 is 2.39. The molecule has 0 unspecified atom stereocenters. The number of hydrogen-bond donors (Lipinski definition) is 0. The summed E-state index contributed by atoms with van der Waals surface area (Å²) in [6.07, 6.45) is 6.61. The van der Waals surface area contributed by atoms with Gasteiger partial charge in [-0.25, -0.2) is 4.98 Å². The summed E-state index contributed by atoms with van der Waals surface area (Å²) in [4.78, 5) is 4.63. The van der Waals surface area contributed by atoms with Crippen molar-refractivity contribution >= 4 is 22.6 Å². The SMILES string of the molecule is Cc1nc2ccc(Cl)cc2n1C1CCCCC1. The molecule has 0 bridgehead atoms. The average Bonchev–Trinajstić information content (AvgIpc) is 2.65. The largest absolute Gasteiger partial charge is 0.325 e. The minimum absolute atomic E-state index is 0.618. The van der Waals surface area contributed by atoms with E-state index >= 15 is 0 Å². The van der Waals surface area contributed by atoms with E-state index in [2.05, 4.69) is 16.5 Å². The Bertz CT molecular complexity index is 538. The van der Waals surface area contributed by atoms with E-state index in [9.17, 15) is 0 Å². The van der Waals surface area contributed by atoms with Gasteiger partial charge in [0.15, 0.2) is 0 Å². The van der Waals surface area contributed by atoms with Crippen LogP contribution in [0.5, 0.6) is 0 Å². The Morgan fingerprint density at radius 1 is 1.24 bits per heavy atom. The van der Waals surface area contributed by atoms with Crippen molar-refractivity contribution in [3.63, 3.8) is 0 Å². The molecule has 1 aliphatic rings. The highest BCUT2D eigenvalue weighted by atomic mass is 35.5. The zero-order chi connectivity index (χ0) is 11.8. The second-order valence-electron chi connectivity index (χ2n) is 4.95. The van der Waals surface area contributed by atoms with Gasteiger partial charge in [0.1, 0.15) is 5.82 Å². The molecule has 0 aliphatic heterocycles. The first-order valence-corrected chi connectivity index (χ1v) is 6.77. The second kappa shape index (κ2) is 4.34. The van der Waals surface area contributed by atoms with Crippen LogP contribution in [-0.2, 0) is 0 Å². The van der Waals surface area contributed by atoms with Gasteiger partial charge in [-0.1, -0.05) is 30.9 Å². The van der Waals surface area contributed by atoms with E-state index in [1.54, 1.807) is 0 Å². The van der Waals surface area contributed by atoms with Gasteiger partial charge in [0.2, 0.25) is 0 Å². The number of aromatic nitrogens is 2. The van der Waals surface area contributed by atoms with E-state index in [-0.39, 0.29) is 0 Å². The lowest BCUT2D eigenvalue weighted by Crippen LogP contribution is -2.13. The highest BCUT2D eigenvalue weighted by Crippen LogP contribution is 2.32. The van der Waals surface area contributed by atoms with Crippen LogP contribution in [0.2, 0.25) is 5.02 Å². The van der Waals surface area contributed by atoms with E-state index in [4.69, 9.17) is 11.6 Å². The maximum Gasteiger partial charge on any atom is 0.106 e. The third-order valence-corrected chi connectivity index (χ3v) is 4.00. The number of imidazole rings is 1. The summed E-state index contributed by atoms with van der Waals surface area (Å²) in [6.45, 7) is 2.10. The van der Waals surface area contributed by atoms with Crippen LogP contribution in [0, 0.1) is 6.92 Å². The van der Waals surface area contributed by atoms with Gasteiger partial charge in [-0.3, -0.25) is 0 Å². The molecule has 0 spiro atoms. The number of benzene rings is 1. The number of aryl methyl sites for hydroxylation is 1. The number of halogens is 1. The monoisotopic (exact) mass is 248 g/mol. The number of fused-ring (bicyclic) bond motifs is 1. The molecule has 1 heterocycles. The van der Waals surface area contributed by atoms with Crippen molar-refractivity contribution in [2.75, 3.05) is 0 Å². The van der Waals surface area contributed by atoms with Crippen molar-refractivity contribution < 1.29 is 0 Å². The van der Waals surface area contributed by atoms with Gasteiger partial charge >= 0.3 is 0 Å². The summed E-state index contributed by atoms with van der Waals surface area (Å²) in [6, 6.07) is 6.60. The minimum atomic E-state index is 0.618. The Morgan fingerprint density at radius 2 is 2.00 bits per heavy atom. The highest BCUT2D eigenvalue weighted by molar-refractivity contribution is 6.31. The first-order chi connectivity index (χ1) is 8.25. The van der Waals surface area contributed by atoms with Gasteiger partial charge in [0.25, 0.3) is 0 Å². The molecular formula is C14H17ClN2. The van der Waals surface area contributed by atoms with Crippen molar-refractivity contribution in [2.45, 2.75) is 45.1 Å². The second-order valence-corrected chi connectivity index (χ2v) is 5.39. The molecule has 3 heteroatoms. The van der Waals surface area contributed by atoms with Crippen LogP contribution < -0.4 is 0 Å². The molecular weight excluding hydrogens is 232 g/mol. The van der Waals surface area contributed by atoms with Crippen molar-refractivity contribution in [3.8, 4) is 0 Å². The van der Waals surface area contributed by atoms with Crippen molar-refractivity contribution in [3.05, 3.63) is 29.0 Å². The molecule has 0 radical (unpaired) electrons. The van der Waals surface area contributed by atoms with Gasteiger partial charge in [0.05, 0.1) is 11.0 Å². The molecule has 0 atom stereocenters. The predicted molar refractivity (Wildman–Crippen MR) is 71.6 cm³/mol. The van der Waals surface area contributed by atoms with E-state index in [1.807, 2.05) is 18.2 Å². The zero-order valence-electron chi connectivity index (χ0n) is 10.1. The maximum atomic E-state index is 6.10. The summed E-state index contributed by atoms with van der Waals surface area (Å²) in [5.41, 5.74) is 2.26. The highest BCUT2D eigenvalue weighted by Gasteiger charge is 2.19. The quantitative estimate of drug-likeness (QED) is 0.726. The topological polar surface area (TPSA) is 17.8 Å². The molecule has 17 heavy (non-hydrogen) atoms. The fourth-order valence-corrected chi connectivity index (χ4v) is 3.15. The summed E-state index contributed by atoms with van der Waals surface area (Å²) in [7, 11) is 0. The van der Waals surface area contributed by atoms with E-state index in [1.165, 1.54) is 37.6 Å². The van der Waals surface area contributed by atoms with Crippen LogP contribution in [0.3, 0.4) is 0 Å². The molecule has 2 aromatic rings. The van der Waals surface area contributed by atoms with Gasteiger partial charge in [-0.15, -0.1) is 0 Å². The Kier molecular flexibility index (Phi) is 2.83. The minimum Gasteiger partial charge on any atom is -0.325 e. The first-order valence-electron chi connectivity index (χ1n) is 6.40. The van der Waals surface area contributed by atoms with Crippen LogP contribution in [0.4, 0.5) is 0 Å². The normalized spacial score (nSPS) is 17.8. The van der Waals surface area contributed by atoms with Crippen molar-refractivity contribution in [1.29, 1.82) is 0 Å². The number of rotatable bonds is 1. The fraction of sp³-hybridized carbons (Fsp3) is 0.500. The van der Waals surface area contributed by atoms with Gasteiger partial charge < -0.3 is 4.57 Å². The molecule has 1 aromatic carbocycles. The average molecular weight is 249 g/mol. The molecule has 3 rings (SSSR count). The maximum absolute atomic E-state index is 6.10. The Labute approximate surface area is 107 Å².